The standard InChI is InChI=1S/C27H23NO3/c29-27(30)25-8-4-5-9-26(25)28-22-16-12-20(13-17-22)10-11-21-14-18-24(19-15-21)31-23-6-2-1-3-7-23/h1-9,12-19,28H,10-11H2,(H,29,30). The third-order valence-electron chi connectivity index (χ3n) is 5.00. The van der Waals surface area contributed by atoms with E-state index in [-0.39, 0.29) is 5.56 Å². The van der Waals surface area contributed by atoms with Gasteiger partial charge in [-0.3, -0.25) is 0 Å². The second-order valence-electron chi connectivity index (χ2n) is 7.23. The minimum absolute atomic E-state index is 0.256. The average molecular weight is 409 g/mol. The van der Waals surface area contributed by atoms with Crippen LogP contribution < -0.4 is 10.1 Å². The van der Waals surface area contributed by atoms with Crippen LogP contribution in [0.5, 0.6) is 11.5 Å². The number of carbonyl (C=O) groups is 1. The quantitative estimate of drug-likeness (QED) is 0.340. The van der Waals surface area contributed by atoms with E-state index in [1.54, 1.807) is 18.2 Å². The zero-order valence-corrected chi connectivity index (χ0v) is 17.0. The minimum Gasteiger partial charge on any atom is -0.478 e. The van der Waals surface area contributed by atoms with Gasteiger partial charge in [0.25, 0.3) is 0 Å². The molecule has 4 nitrogen and oxygen atoms in total. The van der Waals surface area contributed by atoms with Gasteiger partial charge in [-0.1, -0.05) is 54.6 Å². The molecule has 31 heavy (non-hydrogen) atoms. The summed E-state index contributed by atoms with van der Waals surface area (Å²) in [6.45, 7) is 0. The average Bonchev–Trinajstić information content (AvgIpc) is 2.80. The highest BCUT2D eigenvalue weighted by Crippen LogP contribution is 2.23. The molecule has 0 spiro atoms. The second kappa shape index (κ2) is 9.63. The molecule has 0 amide bonds. The maximum atomic E-state index is 11.4. The van der Waals surface area contributed by atoms with Gasteiger partial charge < -0.3 is 15.2 Å². The van der Waals surface area contributed by atoms with E-state index < -0.39 is 5.97 Å². The minimum atomic E-state index is -0.945. The largest absolute Gasteiger partial charge is 0.478 e. The molecule has 0 bridgehead atoms. The van der Waals surface area contributed by atoms with Crippen LogP contribution in [-0.4, -0.2) is 11.1 Å². The molecule has 0 radical (unpaired) electrons. The monoisotopic (exact) mass is 409 g/mol. The fourth-order valence-corrected chi connectivity index (χ4v) is 3.33. The van der Waals surface area contributed by atoms with Gasteiger partial charge in [-0.05, 0) is 72.5 Å². The van der Waals surface area contributed by atoms with Crippen LogP contribution >= 0.6 is 0 Å². The molecule has 0 aliphatic heterocycles. The summed E-state index contributed by atoms with van der Waals surface area (Å²) < 4.78 is 5.84. The van der Waals surface area contributed by atoms with E-state index in [0.29, 0.717) is 5.69 Å². The summed E-state index contributed by atoms with van der Waals surface area (Å²) >= 11 is 0. The normalized spacial score (nSPS) is 10.5. The molecule has 0 heterocycles. The number of nitrogens with one attached hydrogen (secondary N) is 1. The van der Waals surface area contributed by atoms with Crippen molar-refractivity contribution >= 4 is 17.3 Å². The molecule has 0 unspecified atom stereocenters. The Kier molecular flexibility index (Phi) is 6.29. The van der Waals surface area contributed by atoms with Gasteiger partial charge in [0.15, 0.2) is 0 Å². The third-order valence-corrected chi connectivity index (χ3v) is 5.00. The van der Waals surface area contributed by atoms with Crippen LogP contribution in [0.3, 0.4) is 0 Å². The molecule has 0 saturated carbocycles. The highest BCUT2D eigenvalue weighted by Gasteiger charge is 2.09. The fraction of sp³-hybridized carbons (Fsp3) is 0.0741. The third kappa shape index (κ3) is 5.52. The molecule has 0 aliphatic rings. The Bertz CT molecular complexity index is 1140. The van der Waals surface area contributed by atoms with Crippen LogP contribution in [0.4, 0.5) is 11.4 Å². The first kappa shape index (κ1) is 20.2. The van der Waals surface area contributed by atoms with Gasteiger partial charge in [-0.2, -0.15) is 0 Å². The van der Waals surface area contributed by atoms with Crippen molar-refractivity contribution in [3.63, 3.8) is 0 Å². The topological polar surface area (TPSA) is 58.6 Å². The number of carboxylic acid groups (broad SMARTS) is 1. The van der Waals surface area contributed by atoms with Crippen molar-refractivity contribution in [2.75, 3.05) is 5.32 Å². The predicted octanol–water partition coefficient (Wildman–Crippen LogP) is 6.71. The highest BCUT2D eigenvalue weighted by atomic mass is 16.5. The molecular formula is C27H23NO3. The van der Waals surface area contributed by atoms with Crippen molar-refractivity contribution < 1.29 is 14.6 Å². The van der Waals surface area contributed by atoms with Gasteiger partial charge in [0.05, 0.1) is 11.3 Å². The Hall–Kier alpha value is -4.05. The number of aryl methyl sites for hydroxylation is 2. The lowest BCUT2D eigenvalue weighted by Gasteiger charge is -2.10. The van der Waals surface area contributed by atoms with Crippen LogP contribution in [-0.2, 0) is 12.8 Å². The van der Waals surface area contributed by atoms with Crippen LogP contribution in [0.1, 0.15) is 21.5 Å². The number of aromatic carboxylic acids is 1. The van der Waals surface area contributed by atoms with E-state index in [2.05, 4.69) is 29.6 Å². The van der Waals surface area contributed by atoms with Crippen molar-refractivity contribution in [1.29, 1.82) is 0 Å². The molecule has 4 aromatic rings. The molecular weight excluding hydrogens is 386 g/mol. The molecule has 2 N–H and O–H groups in total. The number of para-hydroxylation sites is 2. The Balaban J connectivity index is 1.33. The Labute approximate surface area is 181 Å². The van der Waals surface area contributed by atoms with Gasteiger partial charge in [0.1, 0.15) is 11.5 Å². The maximum absolute atomic E-state index is 11.4. The van der Waals surface area contributed by atoms with Gasteiger partial charge in [0, 0.05) is 5.69 Å². The zero-order valence-electron chi connectivity index (χ0n) is 17.0. The number of anilines is 2. The summed E-state index contributed by atoms with van der Waals surface area (Å²) in [5, 5.41) is 12.5. The number of carboxylic acids is 1. The van der Waals surface area contributed by atoms with E-state index in [1.807, 2.05) is 60.7 Å². The first-order chi connectivity index (χ1) is 15.2. The summed E-state index contributed by atoms with van der Waals surface area (Å²) in [6, 6.07) is 32.9. The number of hydrogen-bond acceptors (Lipinski definition) is 3. The summed E-state index contributed by atoms with van der Waals surface area (Å²) in [4.78, 5) is 11.4. The van der Waals surface area contributed by atoms with Crippen molar-refractivity contribution in [1.82, 2.24) is 0 Å². The lowest BCUT2D eigenvalue weighted by Crippen LogP contribution is -2.02. The van der Waals surface area contributed by atoms with Gasteiger partial charge in [0.2, 0.25) is 0 Å². The van der Waals surface area contributed by atoms with Crippen LogP contribution in [0.2, 0.25) is 0 Å². The summed E-state index contributed by atoms with van der Waals surface area (Å²) in [5.74, 6) is 0.710. The Morgan fingerprint density at radius 1 is 0.677 bits per heavy atom. The van der Waals surface area contributed by atoms with Crippen molar-refractivity contribution in [3.8, 4) is 11.5 Å². The first-order valence-electron chi connectivity index (χ1n) is 10.2. The van der Waals surface area contributed by atoms with Gasteiger partial charge in [-0.15, -0.1) is 0 Å². The van der Waals surface area contributed by atoms with E-state index in [4.69, 9.17) is 4.74 Å². The number of hydrogen-bond donors (Lipinski definition) is 2. The summed E-state index contributed by atoms with van der Waals surface area (Å²) in [7, 11) is 0. The predicted molar refractivity (Wildman–Crippen MR) is 123 cm³/mol. The molecule has 4 rings (SSSR count). The molecule has 4 aromatic carbocycles. The van der Waals surface area contributed by atoms with E-state index in [9.17, 15) is 9.90 Å². The van der Waals surface area contributed by atoms with Gasteiger partial charge in [-0.25, -0.2) is 4.79 Å². The molecule has 0 aliphatic carbocycles. The van der Waals surface area contributed by atoms with Crippen molar-refractivity contribution in [3.05, 3.63) is 120 Å². The second-order valence-corrected chi connectivity index (χ2v) is 7.23. The molecule has 0 atom stereocenters. The first-order valence-corrected chi connectivity index (χ1v) is 10.2. The van der Waals surface area contributed by atoms with E-state index in [1.165, 1.54) is 11.1 Å². The van der Waals surface area contributed by atoms with Gasteiger partial charge >= 0.3 is 5.97 Å². The number of benzene rings is 4. The van der Waals surface area contributed by atoms with Crippen LogP contribution in [0, 0.1) is 0 Å². The fourth-order valence-electron chi connectivity index (χ4n) is 3.33. The number of rotatable bonds is 8. The molecule has 154 valence electrons. The van der Waals surface area contributed by atoms with Crippen LogP contribution in [0.15, 0.2) is 103 Å². The van der Waals surface area contributed by atoms with Crippen molar-refractivity contribution in [2.24, 2.45) is 0 Å². The van der Waals surface area contributed by atoms with Crippen LogP contribution in [0.25, 0.3) is 0 Å². The lowest BCUT2D eigenvalue weighted by molar-refractivity contribution is 0.0698. The number of ether oxygens (including phenoxy) is 1. The SMILES string of the molecule is O=C(O)c1ccccc1Nc1ccc(CCc2ccc(Oc3ccccc3)cc2)cc1. The summed E-state index contributed by atoms with van der Waals surface area (Å²) in [5.41, 5.74) is 4.17. The molecule has 0 aromatic heterocycles. The zero-order chi connectivity index (χ0) is 21.5. The van der Waals surface area contributed by atoms with E-state index in [0.717, 1.165) is 30.0 Å². The molecule has 0 fully saturated rings. The highest BCUT2D eigenvalue weighted by molar-refractivity contribution is 5.95. The summed E-state index contributed by atoms with van der Waals surface area (Å²) in [6.07, 6.45) is 1.85. The molecule has 4 heteroatoms. The maximum Gasteiger partial charge on any atom is 0.337 e. The Morgan fingerprint density at radius 3 is 1.87 bits per heavy atom. The Morgan fingerprint density at radius 2 is 1.23 bits per heavy atom. The lowest BCUT2D eigenvalue weighted by atomic mass is 10.0. The van der Waals surface area contributed by atoms with E-state index >= 15 is 0 Å². The smallest absolute Gasteiger partial charge is 0.337 e. The molecule has 0 saturated heterocycles. The van der Waals surface area contributed by atoms with Crippen molar-refractivity contribution in [2.45, 2.75) is 12.8 Å².